The quantitative estimate of drug-likeness (QED) is 0.146. The summed E-state index contributed by atoms with van der Waals surface area (Å²) in [5, 5.41) is 22.0. The van der Waals surface area contributed by atoms with Crippen molar-refractivity contribution in [2.24, 2.45) is 11.5 Å². The summed E-state index contributed by atoms with van der Waals surface area (Å²) in [6.45, 7) is -0.645. The number of hydrogen-bond donors (Lipinski definition) is 6. The number of carboxylic acids is 2. The molecule has 0 bridgehead atoms. The standard InChI is InChI=1S/C10H18N4O6S2.2H2O/c11-1-7(15)13-2-8(16)14-6(10(19)20)4-22-21-3-5(12)9(17)18;;/h5-6H,1-4,11-12H2,(H,13,15)(H,14,16)(H,17,18)(H,19,20);2*1H2/t5-,6-;;/m0../s1. The maximum atomic E-state index is 11.5. The summed E-state index contributed by atoms with van der Waals surface area (Å²) in [5.41, 5.74) is 10.3. The third-order valence-electron chi connectivity index (χ3n) is 2.15. The molecule has 12 nitrogen and oxygen atoms in total. The Labute approximate surface area is 145 Å². The van der Waals surface area contributed by atoms with Crippen LogP contribution in [0.2, 0.25) is 0 Å². The smallest absolute Gasteiger partial charge is 0.327 e. The van der Waals surface area contributed by atoms with E-state index in [4.69, 9.17) is 21.7 Å². The molecule has 142 valence electrons. The lowest BCUT2D eigenvalue weighted by molar-refractivity contribution is -0.141. The van der Waals surface area contributed by atoms with E-state index in [1.807, 2.05) is 0 Å². The molecule has 0 aromatic rings. The lowest BCUT2D eigenvalue weighted by Crippen LogP contribution is -2.47. The molecule has 24 heavy (non-hydrogen) atoms. The highest BCUT2D eigenvalue weighted by molar-refractivity contribution is 8.76. The minimum Gasteiger partial charge on any atom is -0.480 e. The van der Waals surface area contributed by atoms with Gasteiger partial charge in [-0.1, -0.05) is 21.6 Å². The van der Waals surface area contributed by atoms with Gasteiger partial charge in [0.1, 0.15) is 12.1 Å². The molecule has 2 amide bonds. The molecule has 0 spiro atoms. The number of rotatable bonds is 11. The van der Waals surface area contributed by atoms with Crippen molar-refractivity contribution in [1.29, 1.82) is 0 Å². The molecule has 0 heterocycles. The third kappa shape index (κ3) is 12.9. The van der Waals surface area contributed by atoms with Crippen molar-refractivity contribution in [1.82, 2.24) is 10.6 Å². The number of carbonyl (C=O) groups excluding carboxylic acids is 2. The molecule has 0 saturated carbocycles. The molecule has 0 rings (SSSR count). The molecule has 14 heteroatoms. The fourth-order valence-corrected chi connectivity index (χ4v) is 3.25. The largest absolute Gasteiger partial charge is 0.480 e. The van der Waals surface area contributed by atoms with Gasteiger partial charge in [-0.25, -0.2) is 4.79 Å². The molecule has 0 aliphatic heterocycles. The maximum Gasteiger partial charge on any atom is 0.327 e. The molecule has 0 aromatic heterocycles. The van der Waals surface area contributed by atoms with E-state index in [0.29, 0.717) is 0 Å². The van der Waals surface area contributed by atoms with Crippen molar-refractivity contribution in [3.8, 4) is 0 Å². The minimum atomic E-state index is -1.24. The fourth-order valence-electron chi connectivity index (χ4n) is 0.980. The first kappa shape index (κ1) is 27.3. The van der Waals surface area contributed by atoms with Crippen molar-refractivity contribution in [2.75, 3.05) is 24.6 Å². The van der Waals surface area contributed by atoms with E-state index in [1.54, 1.807) is 0 Å². The molecule has 0 saturated heterocycles. The van der Waals surface area contributed by atoms with Gasteiger partial charge in [0.15, 0.2) is 0 Å². The van der Waals surface area contributed by atoms with Crippen molar-refractivity contribution >= 4 is 45.3 Å². The zero-order valence-electron chi connectivity index (χ0n) is 12.5. The topological polar surface area (TPSA) is 248 Å². The number of nitrogens with one attached hydrogen (secondary N) is 2. The molecule has 12 N–H and O–H groups in total. The molecule has 0 unspecified atom stereocenters. The number of carboxylic acid groups (broad SMARTS) is 2. The van der Waals surface area contributed by atoms with Crippen LogP contribution in [0.5, 0.6) is 0 Å². The predicted octanol–water partition coefficient (Wildman–Crippen LogP) is -4.23. The lowest BCUT2D eigenvalue weighted by Gasteiger charge is -2.14. The second-order valence-electron chi connectivity index (χ2n) is 3.95. The Morgan fingerprint density at radius 2 is 1.50 bits per heavy atom. The van der Waals surface area contributed by atoms with E-state index in [0.717, 1.165) is 21.6 Å². The van der Waals surface area contributed by atoms with Crippen LogP contribution in [0.4, 0.5) is 0 Å². The molecule has 0 aliphatic carbocycles. The molecule has 0 aromatic carbocycles. The van der Waals surface area contributed by atoms with Crippen LogP contribution in [0.15, 0.2) is 0 Å². The zero-order valence-corrected chi connectivity index (χ0v) is 14.1. The zero-order chi connectivity index (χ0) is 17.1. The SMILES string of the molecule is NCC(=O)NCC(=O)N[C@@H](CSSC[C@H](N)C(=O)O)C(=O)O.O.O. The van der Waals surface area contributed by atoms with Crippen LogP contribution in [0.25, 0.3) is 0 Å². The average molecular weight is 390 g/mol. The number of amides is 2. The Morgan fingerprint density at radius 3 is 1.96 bits per heavy atom. The summed E-state index contributed by atoms with van der Waals surface area (Å²) in [7, 11) is 2.17. The van der Waals surface area contributed by atoms with Crippen LogP contribution < -0.4 is 22.1 Å². The summed E-state index contributed by atoms with van der Waals surface area (Å²) in [5.74, 6) is -3.46. The number of hydrogen-bond acceptors (Lipinski definition) is 8. The van der Waals surface area contributed by atoms with E-state index in [1.165, 1.54) is 0 Å². The van der Waals surface area contributed by atoms with Crippen molar-refractivity contribution in [3.05, 3.63) is 0 Å². The van der Waals surface area contributed by atoms with Gasteiger partial charge in [0.25, 0.3) is 0 Å². The van der Waals surface area contributed by atoms with Gasteiger partial charge in [-0.2, -0.15) is 0 Å². The minimum absolute atomic E-state index is 0. The Hall–Kier alpha value is -1.58. The molecule has 0 radical (unpaired) electrons. The van der Waals surface area contributed by atoms with E-state index in [9.17, 15) is 19.2 Å². The van der Waals surface area contributed by atoms with E-state index >= 15 is 0 Å². The first-order valence-corrected chi connectivity index (χ1v) is 8.48. The van der Waals surface area contributed by atoms with E-state index < -0.39 is 35.8 Å². The highest BCUT2D eigenvalue weighted by Crippen LogP contribution is 2.22. The van der Waals surface area contributed by atoms with Gasteiger partial charge in [-0.05, 0) is 0 Å². The number of aliphatic carboxylic acids is 2. The lowest BCUT2D eigenvalue weighted by atomic mass is 10.3. The highest BCUT2D eigenvalue weighted by Gasteiger charge is 2.20. The highest BCUT2D eigenvalue weighted by atomic mass is 33.1. The summed E-state index contributed by atoms with van der Waals surface area (Å²) < 4.78 is 0. The predicted molar refractivity (Wildman–Crippen MR) is 89.4 cm³/mol. The van der Waals surface area contributed by atoms with Crippen LogP contribution in [0.1, 0.15) is 0 Å². The van der Waals surface area contributed by atoms with E-state index in [2.05, 4.69) is 10.6 Å². The van der Waals surface area contributed by atoms with Gasteiger partial charge in [-0.3, -0.25) is 14.4 Å². The van der Waals surface area contributed by atoms with Gasteiger partial charge in [0.05, 0.1) is 13.1 Å². The third-order valence-corrected chi connectivity index (χ3v) is 4.60. The van der Waals surface area contributed by atoms with Crippen LogP contribution in [-0.2, 0) is 19.2 Å². The first-order valence-electron chi connectivity index (χ1n) is 5.99. The molecular weight excluding hydrogens is 368 g/mol. The second-order valence-corrected chi connectivity index (χ2v) is 6.51. The number of carbonyl (C=O) groups is 4. The van der Waals surface area contributed by atoms with Crippen LogP contribution in [-0.4, -0.2) is 81.6 Å². The summed E-state index contributed by atoms with van der Waals surface area (Å²) in [6, 6.07) is -2.21. The average Bonchev–Trinajstić information content (AvgIpc) is 2.46. The Balaban J connectivity index is -0.00000220. The Kier molecular flexibility index (Phi) is 17.0. The van der Waals surface area contributed by atoms with Crippen LogP contribution >= 0.6 is 21.6 Å². The Morgan fingerprint density at radius 1 is 0.958 bits per heavy atom. The Bertz CT molecular complexity index is 426. The monoisotopic (exact) mass is 390 g/mol. The first-order chi connectivity index (χ1) is 10.3. The molecular formula is C10H22N4O8S2. The summed E-state index contributed by atoms with van der Waals surface area (Å²) in [4.78, 5) is 43.8. The van der Waals surface area contributed by atoms with Crippen LogP contribution in [0.3, 0.4) is 0 Å². The summed E-state index contributed by atoms with van der Waals surface area (Å²) >= 11 is 0. The van der Waals surface area contributed by atoms with Crippen molar-refractivity contribution in [3.63, 3.8) is 0 Å². The van der Waals surface area contributed by atoms with E-state index in [-0.39, 0.29) is 35.5 Å². The second kappa shape index (κ2) is 15.0. The molecule has 0 fully saturated rings. The normalized spacial score (nSPS) is 11.9. The van der Waals surface area contributed by atoms with Crippen LogP contribution in [0, 0.1) is 0 Å². The van der Waals surface area contributed by atoms with Crippen molar-refractivity contribution in [2.45, 2.75) is 12.1 Å². The molecule has 0 aliphatic rings. The van der Waals surface area contributed by atoms with Gasteiger partial charge in [0.2, 0.25) is 11.8 Å². The van der Waals surface area contributed by atoms with Gasteiger partial charge >= 0.3 is 11.9 Å². The number of nitrogens with two attached hydrogens (primary N) is 2. The fraction of sp³-hybridized carbons (Fsp3) is 0.600. The van der Waals surface area contributed by atoms with Gasteiger partial charge < -0.3 is 43.3 Å². The molecule has 2 atom stereocenters. The maximum absolute atomic E-state index is 11.5. The van der Waals surface area contributed by atoms with Gasteiger partial charge in [0, 0.05) is 11.5 Å². The summed E-state index contributed by atoms with van der Waals surface area (Å²) in [6.07, 6.45) is 0. The van der Waals surface area contributed by atoms with Gasteiger partial charge in [-0.15, -0.1) is 0 Å². The van der Waals surface area contributed by atoms with Crippen molar-refractivity contribution < 1.29 is 40.3 Å².